The molecule has 0 spiro atoms. The van der Waals surface area contributed by atoms with Gasteiger partial charge >= 0.3 is 0 Å². The van der Waals surface area contributed by atoms with E-state index in [0.29, 0.717) is 5.02 Å². The van der Waals surface area contributed by atoms with Crippen LogP contribution in [0.1, 0.15) is 11.1 Å². The van der Waals surface area contributed by atoms with E-state index in [1.165, 1.54) is 0 Å². The van der Waals surface area contributed by atoms with Gasteiger partial charge in [0.2, 0.25) is 0 Å². The van der Waals surface area contributed by atoms with Crippen molar-refractivity contribution >= 4 is 21.4 Å². The zero-order chi connectivity index (χ0) is 13.0. The predicted molar refractivity (Wildman–Crippen MR) is 74.2 cm³/mol. The van der Waals surface area contributed by atoms with Crippen molar-refractivity contribution in [1.82, 2.24) is 0 Å². The molecule has 0 bridgehead atoms. The Hall–Kier alpha value is -1.32. The maximum Gasteiger partial charge on any atom is 0.158 e. The minimum absolute atomic E-state index is 0.0163. The first kappa shape index (κ1) is 13.1. The normalized spacial score (nSPS) is 11.4. The lowest BCUT2D eigenvalue weighted by atomic mass is 10.2. The molecule has 0 fully saturated rings. The van der Waals surface area contributed by atoms with Gasteiger partial charge in [0.25, 0.3) is 0 Å². The van der Waals surface area contributed by atoms with Crippen LogP contribution in [-0.2, 0) is 21.3 Å². The van der Waals surface area contributed by atoms with Gasteiger partial charge in [-0.3, -0.25) is 0 Å². The maximum absolute atomic E-state index is 12.0. The second-order valence-electron chi connectivity index (χ2n) is 4.15. The Kier molecular flexibility index (Phi) is 4.04. The molecule has 0 unspecified atom stereocenters. The minimum atomic E-state index is -3.16. The van der Waals surface area contributed by atoms with E-state index in [-0.39, 0.29) is 11.5 Å². The molecule has 18 heavy (non-hydrogen) atoms. The van der Waals surface area contributed by atoms with Gasteiger partial charge in [-0.15, -0.1) is 0 Å². The lowest BCUT2D eigenvalue weighted by molar-refractivity contribution is 0.594. The van der Waals surface area contributed by atoms with E-state index in [9.17, 15) is 8.42 Å². The van der Waals surface area contributed by atoms with Gasteiger partial charge in [0.1, 0.15) is 0 Å². The summed E-state index contributed by atoms with van der Waals surface area (Å²) in [6.07, 6.45) is 0. The van der Waals surface area contributed by atoms with Crippen molar-refractivity contribution in [2.75, 3.05) is 0 Å². The van der Waals surface area contributed by atoms with Crippen molar-refractivity contribution in [1.29, 1.82) is 0 Å². The van der Waals surface area contributed by atoms with Crippen LogP contribution < -0.4 is 0 Å². The molecular weight excluding hydrogens is 268 g/mol. The van der Waals surface area contributed by atoms with Gasteiger partial charge < -0.3 is 0 Å². The van der Waals surface area contributed by atoms with Crippen LogP contribution in [0.5, 0.6) is 0 Å². The molecule has 0 aliphatic heterocycles. The Morgan fingerprint density at radius 2 is 1.44 bits per heavy atom. The fourth-order valence-electron chi connectivity index (χ4n) is 1.76. The number of rotatable bonds is 4. The summed E-state index contributed by atoms with van der Waals surface area (Å²) >= 11 is 5.84. The van der Waals surface area contributed by atoms with Crippen molar-refractivity contribution in [2.45, 2.75) is 11.5 Å². The molecule has 0 atom stereocenters. The van der Waals surface area contributed by atoms with Crippen LogP contribution in [0.15, 0.2) is 54.6 Å². The largest absolute Gasteiger partial charge is 0.228 e. The lowest BCUT2D eigenvalue weighted by Crippen LogP contribution is -2.07. The number of sulfone groups is 1. The molecule has 0 saturated heterocycles. The SMILES string of the molecule is O=S(=O)(Cc1ccccc1)Cc1cccc(Cl)c1. The topological polar surface area (TPSA) is 34.1 Å². The highest BCUT2D eigenvalue weighted by molar-refractivity contribution is 7.89. The molecule has 0 amide bonds. The van der Waals surface area contributed by atoms with E-state index in [2.05, 4.69) is 0 Å². The molecule has 0 aliphatic carbocycles. The highest BCUT2D eigenvalue weighted by atomic mass is 35.5. The zero-order valence-corrected chi connectivity index (χ0v) is 11.3. The lowest BCUT2D eigenvalue weighted by Gasteiger charge is -2.05. The van der Waals surface area contributed by atoms with Crippen molar-refractivity contribution in [3.8, 4) is 0 Å². The monoisotopic (exact) mass is 280 g/mol. The summed E-state index contributed by atoms with van der Waals surface area (Å²) in [4.78, 5) is 0. The number of halogens is 1. The smallest absolute Gasteiger partial charge is 0.158 e. The van der Waals surface area contributed by atoms with Crippen molar-refractivity contribution in [3.05, 3.63) is 70.7 Å². The summed E-state index contributed by atoms with van der Waals surface area (Å²) in [5, 5.41) is 0.558. The van der Waals surface area contributed by atoms with E-state index >= 15 is 0 Å². The second kappa shape index (κ2) is 5.55. The van der Waals surface area contributed by atoms with Gasteiger partial charge in [-0.2, -0.15) is 0 Å². The molecule has 2 aromatic carbocycles. The van der Waals surface area contributed by atoms with Crippen LogP contribution >= 0.6 is 11.6 Å². The molecule has 0 aromatic heterocycles. The first-order valence-electron chi connectivity index (χ1n) is 5.54. The molecule has 0 aliphatic rings. The second-order valence-corrected chi connectivity index (χ2v) is 6.65. The Morgan fingerprint density at radius 1 is 0.833 bits per heavy atom. The van der Waals surface area contributed by atoms with E-state index < -0.39 is 9.84 Å². The van der Waals surface area contributed by atoms with E-state index in [0.717, 1.165) is 11.1 Å². The Balaban J connectivity index is 2.13. The summed E-state index contributed by atoms with van der Waals surface area (Å²) in [6.45, 7) is 0. The number of hydrogen-bond donors (Lipinski definition) is 0. The van der Waals surface area contributed by atoms with Gasteiger partial charge in [0, 0.05) is 5.02 Å². The van der Waals surface area contributed by atoms with Crippen LogP contribution in [0.25, 0.3) is 0 Å². The molecular formula is C14H13ClO2S. The Morgan fingerprint density at radius 3 is 2.11 bits per heavy atom. The van der Waals surface area contributed by atoms with Gasteiger partial charge in [0.05, 0.1) is 11.5 Å². The molecule has 0 saturated carbocycles. The summed E-state index contributed by atoms with van der Waals surface area (Å²) < 4.78 is 24.1. The average molecular weight is 281 g/mol. The number of hydrogen-bond acceptors (Lipinski definition) is 2. The Labute approximate surface area is 112 Å². The van der Waals surface area contributed by atoms with Crippen LogP contribution in [0.2, 0.25) is 5.02 Å². The third kappa shape index (κ3) is 3.86. The molecule has 2 aromatic rings. The third-order valence-corrected chi connectivity index (χ3v) is 4.29. The summed E-state index contributed by atoms with van der Waals surface area (Å²) in [5.41, 5.74) is 1.53. The predicted octanol–water partition coefficient (Wildman–Crippen LogP) is 3.46. The van der Waals surface area contributed by atoms with Crippen molar-refractivity contribution in [2.24, 2.45) is 0 Å². The number of benzene rings is 2. The minimum Gasteiger partial charge on any atom is -0.228 e. The van der Waals surface area contributed by atoms with Crippen molar-refractivity contribution in [3.63, 3.8) is 0 Å². The summed E-state index contributed by atoms with van der Waals surface area (Å²) in [5.74, 6) is 0.0722. The molecule has 94 valence electrons. The maximum atomic E-state index is 12.0. The highest BCUT2D eigenvalue weighted by Crippen LogP contribution is 2.16. The van der Waals surface area contributed by atoms with E-state index in [4.69, 9.17) is 11.6 Å². The van der Waals surface area contributed by atoms with Gasteiger partial charge in [0.15, 0.2) is 9.84 Å². The van der Waals surface area contributed by atoms with Crippen LogP contribution in [-0.4, -0.2) is 8.42 Å². The van der Waals surface area contributed by atoms with Gasteiger partial charge in [-0.05, 0) is 23.3 Å². The van der Waals surface area contributed by atoms with E-state index in [1.807, 2.05) is 30.3 Å². The molecule has 0 heterocycles. The highest BCUT2D eigenvalue weighted by Gasteiger charge is 2.13. The summed E-state index contributed by atoms with van der Waals surface area (Å²) in [6, 6.07) is 16.1. The standard InChI is InChI=1S/C14H13ClO2S/c15-14-8-4-7-13(9-14)11-18(16,17)10-12-5-2-1-3-6-12/h1-9H,10-11H2. The summed E-state index contributed by atoms with van der Waals surface area (Å²) in [7, 11) is -3.16. The zero-order valence-electron chi connectivity index (χ0n) is 9.71. The quantitative estimate of drug-likeness (QED) is 0.859. The van der Waals surface area contributed by atoms with Crippen molar-refractivity contribution < 1.29 is 8.42 Å². The molecule has 0 radical (unpaired) electrons. The fourth-order valence-corrected chi connectivity index (χ4v) is 3.46. The molecule has 2 rings (SSSR count). The fraction of sp³-hybridized carbons (Fsp3) is 0.143. The Bertz CT molecular complexity index is 621. The average Bonchev–Trinajstić information content (AvgIpc) is 2.28. The molecule has 4 heteroatoms. The first-order chi connectivity index (χ1) is 8.55. The van der Waals surface area contributed by atoms with Crippen LogP contribution in [0.3, 0.4) is 0 Å². The third-order valence-electron chi connectivity index (χ3n) is 2.51. The molecule has 2 nitrogen and oxygen atoms in total. The molecule has 0 N–H and O–H groups in total. The van der Waals surface area contributed by atoms with Gasteiger partial charge in [-0.1, -0.05) is 54.1 Å². The first-order valence-corrected chi connectivity index (χ1v) is 7.74. The van der Waals surface area contributed by atoms with Crippen LogP contribution in [0.4, 0.5) is 0 Å². The van der Waals surface area contributed by atoms with Crippen LogP contribution in [0, 0.1) is 0 Å². The van der Waals surface area contributed by atoms with E-state index in [1.54, 1.807) is 24.3 Å². The van der Waals surface area contributed by atoms with Gasteiger partial charge in [-0.25, -0.2) is 8.42 Å².